The fourth-order valence-electron chi connectivity index (χ4n) is 3.55. The van der Waals surface area contributed by atoms with Crippen molar-refractivity contribution in [3.05, 3.63) is 72.3 Å². The Balaban J connectivity index is 2.08. The second-order valence-electron chi connectivity index (χ2n) is 7.33. The van der Waals surface area contributed by atoms with Gasteiger partial charge < -0.3 is 20.4 Å². The van der Waals surface area contributed by atoms with Crippen molar-refractivity contribution in [1.29, 1.82) is 0 Å². The van der Waals surface area contributed by atoms with Gasteiger partial charge in [-0.2, -0.15) is 10.2 Å². The summed E-state index contributed by atoms with van der Waals surface area (Å²) in [6.07, 6.45) is 0. The van der Waals surface area contributed by atoms with E-state index in [1.54, 1.807) is 0 Å². The molecule has 32 heavy (non-hydrogen) atoms. The smallest absolute Gasteiger partial charge is 0.221 e. The minimum absolute atomic E-state index is 0.0323. The van der Waals surface area contributed by atoms with Crippen molar-refractivity contribution in [3.8, 4) is 11.1 Å². The Kier molecular flexibility index (Phi) is 8.08. The quantitative estimate of drug-likeness (QED) is 0.422. The van der Waals surface area contributed by atoms with Crippen LogP contribution in [0.2, 0.25) is 0 Å². The SMILES string of the molecule is CC(=O)Nc1ccc(-c2c(N(CCO)CCO)ccc(N=Nc3ccccc3)c2C)cc1. The molecule has 0 aromatic heterocycles. The van der Waals surface area contributed by atoms with E-state index in [-0.39, 0.29) is 19.1 Å². The maximum atomic E-state index is 11.4. The molecule has 7 heteroatoms. The van der Waals surface area contributed by atoms with E-state index in [2.05, 4.69) is 15.5 Å². The van der Waals surface area contributed by atoms with Gasteiger partial charge in [0, 0.05) is 37.0 Å². The first-order chi connectivity index (χ1) is 15.5. The van der Waals surface area contributed by atoms with E-state index < -0.39 is 0 Å². The number of benzene rings is 3. The van der Waals surface area contributed by atoms with E-state index in [0.29, 0.717) is 18.8 Å². The number of carbonyl (C=O) groups excluding carboxylic acids is 1. The molecule has 0 saturated heterocycles. The standard InChI is InChI=1S/C25H28N4O3/c1-18-23(28-27-22-6-4-3-5-7-22)12-13-24(29(14-16-30)15-17-31)25(18)20-8-10-21(11-9-20)26-19(2)32/h3-13,30-31H,14-17H2,1-2H3,(H,26,32). The molecule has 3 aromatic rings. The third-order valence-electron chi connectivity index (χ3n) is 5.02. The van der Waals surface area contributed by atoms with Crippen LogP contribution in [-0.2, 0) is 4.79 Å². The lowest BCUT2D eigenvalue weighted by Crippen LogP contribution is -2.30. The van der Waals surface area contributed by atoms with Gasteiger partial charge in [0.05, 0.1) is 24.6 Å². The van der Waals surface area contributed by atoms with Crippen LogP contribution < -0.4 is 10.2 Å². The molecule has 3 aromatic carbocycles. The number of anilines is 2. The molecule has 3 rings (SSSR count). The van der Waals surface area contributed by atoms with E-state index in [0.717, 1.165) is 33.8 Å². The van der Waals surface area contributed by atoms with Crippen LogP contribution in [0.4, 0.5) is 22.7 Å². The predicted molar refractivity (Wildman–Crippen MR) is 128 cm³/mol. The second kappa shape index (κ2) is 11.2. The van der Waals surface area contributed by atoms with Crippen LogP contribution in [0.15, 0.2) is 77.0 Å². The summed E-state index contributed by atoms with van der Waals surface area (Å²) in [4.78, 5) is 13.3. The zero-order chi connectivity index (χ0) is 22.9. The molecule has 0 unspecified atom stereocenters. The van der Waals surface area contributed by atoms with E-state index in [4.69, 9.17) is 0 Å². The molecule has 0 spiro atoms. The fourth-order valence-corrected chi connectivity index (χ4v) is 3.55. The number of amides is 1. The topological polar surface area (TPSA) is 97.5 Å². The van der Waals surface area contributed by atoms with Crippen LogP contribution in [-0.4, -0.2) is 42.4 Å². The van der Waals surface area contributed by atoms with Crippen LogP contribution in [0.3, 0.4) is 0 Å². The first-order valence-electron chi connectivity index (χ1n) is 10.5. The molecule has 0 bridgehead atoms. The summed E-state index contributed by atoms with van der Waals surface area (Å²) in [5.41, 5.74) is 5.88. The van der Waals surface area contributed by atoms with Crippen LogP contribution in [0, 0.1) is 6.92 Å². The lowest BCUT2D eigenvalue weighted by Gasteiger charge is -2.27. The minimum atomic E-state index is -0.130. The van der Waals surface area contributed by atoms with Crippen LogP contribution in [0.1, 0.15) is 12.5 Å². The summed E-state index contributed by atoms with van der Waals surface area (Å²) in [5.74, 6) is -0.130. The Morgan fingerprint density at radius 2 is 1.56 bits per heavy atom. The van der Waals surface area contributed by atoms with Crippen molar-refractivity contribution < 1.29 is 15.0 Å². The summed E-state index contributed by atoms with van der Waals surface area (Å²) >= 11 is 0. The van der Waals surface area contributed by atoms with Crippen molar-refractivity contribution in [2.45, 2.75) is 13.8 Å². The second-order valence-corrected chi connectivity index (χ2v) is 7.33. The van der Waals surface area contributed by atoms with Gasteiger partial charge in [0.1, 0.15) is 0 Å². The maximum absolute atomic E-state index is 11.4. The van der Waals surface area contributed by atoms with Gasteiger partial charge in [0.15, 0.2) is 0 Å². The third kappa shape index (κ3) is 5.78. The first-order valence-corrected chi connectivity index (χ1v) is 10.5. The Hall–Kier alpha value is -3.55. The maximum Gasteiger partial charge on any atom is 0.221 e. The molecule has 0 aliphatic rings. The molecule has 166 valence electrons. The molecule has 0 radical (unpaired) electrons. The first kappa shape index (κ1) is 23.1. The highest BCUT2D eigenvalue weighted by molar-refractivity contribution is 5.90. The Bertz CT molecular complexity index is 1060. The highest BCUT2D eigenvalue weighted by atomic mass is 16.3. The van der Waals surface area contributed by atoms with E-state index in [1.807, 2.05) is 78.6 Å². The highest BCUT2D eigenvalue weighted by Crippen LogP contribution is 2.39. The van der Waals surface area contributed by atoms with Gasteiger partial charge in [0.25, 0.3) is 0 Å². The zero-order valence-corrected chi connectivity index (χ0v) is 18.3. The lowest BCUT2D eigenvalue weighted by molar-refractivity contribution is -0.114. The molecule has 0 atom stereocenters. The zero-order valence-electron chi connectivity index (χ0n) is 18.3. The van der Waals surface area contributed by atoms with E-state index in [9.17, 15) is 15.0 Å². The number of aliphatic hydroxyl groups excluding tert-OH is 2. The normalized spacial score (nSPS) is 11.0. The Morgan fingerprint density at radius 1 is 0.906 bits per heavy atom. The number of hydrogen-bond acceptors (Lipinski definition) is 6. The molecule has 1 amide bonds. The number of hydrogen-bond donors (Lipinski definition) is 3. The van der Waals surface area contributed by atoms with Gasteiger partial charge in [0.2, 0.25) is 5.91 Å². The Morgan fingerprint density at radius 3 is 2.16 bits per heavy atom. The van der Waals surface area contributed by atoms with Crippen molar-refractivity contribution in [1.82, 2.24) is 0 Å². The fraction of sp³-hybridized carbons (Fsp3) is 0.240. The predicted octanol–water partition coefficient (Wildman–Crippen LogP) is 4.83. The minimum Gasteiger partial charge on any atom is -0.395 e. The number of azo groups is 1. The van der Waals surface area contributed by atoms with E-state index >= 15 is 0 Å². The van der Waals surface area contributed by atoms with Gasteiger partial charge in [-0.05, 0) is 54.4 Å². The average molecular weight is 433 g/mol. The average Bonchev–Trinajstić information content (AvgIpc) is 2.79. The van der Waals surface area contributed by atoms with Crippen LogP contribution in [0.25, 0.3) is 11.1 Å². The number of nitrogens with one attached hydrogen (secondary N) is 1. The molecular weight excluding hydrogens is 404 g/mol. The molecule has 0 heterocycles. The molecule has 0 fully saturated rings. The summed E-state index contributed by atoms with van der Waals surface area (Å²) in [6, 6.07) is 20.9. The lowest BCUT2D eigenvalue weighted by atomic mass is 9.96. The van der Waals surface area contributed by atoms with E-state index in [1.165, 1.54) is 6.92 Å². The largest absolute Gasteiger partial charge is 0.395 e. The van der Waals surface area contributed by atoms with Gasteiger partial charge >= 0.3 is 0 Å². The summed E-state index contributed by atoms with van der Waals surface area (Å²) in [7, 11) is 0. The number of rotatable bonds is 9. The van der Waals surface area contributed by atoms with Gasteiger partial charge in [-0.3, -0.25) is 4.79 Å². The summed E-state index contributed by atoms with van der Waals surface area (Å²) in [5, 5.41) is 30.7. The summed E-state index contributed by atoms with van der Waals surface area (Å²) < 4.78 is 0. The monoisotopic (exact) mass is 432 g/mol. The van der Waals surface area contributed by atoms with Crippen molar-refractivity contribution in [2.24, 2.45) is 10.2 Å². The van der Waals surface area contributed by atoms with Crippen molar-refractivity contribution in [3.63, 3.8) is 0 Å². The molecule has 0 saturated carbocycles. The van der Waals surface area contributed by atoms with Gasteiger partial charge in [-0.15, -0.1) is 0 Å². The molecule has 7 nitrogen and oxygen atoms in total. The van der Waals surface area contributed by atoms with Gasteiger partial charge in [-0.1, -0.05) is 30.3 Å². The number of carbonyl (C=O) groups is 1. The van der Waals surface area contributed by atoms with Crippen molar-refractivity contribution in [2.75, 3.05) is 36.5 Å². The van der Waals surface area contributed by atoms with Crippen molar-refractivity contribution >= 4 is 28.7 Å². The molecule has 0 aliphatic carbocycles. The molecule has 0 aliphatic heterocycles. The highest BCUT2D eigenvalue weighted by Gasteiger charge is 2.17. The molecule has 3 N–H and O–H groups in total. The molecular formula is C25H28N4O3. The van der Waals surface area contributed by atoms with Crippen LogP contribution in [0.5, 0.6) is 0 Å². The number of nitrogens with zero attached hydrogens (tertiary/aromatic N) is 3. The summed E-state index contributed by atoms with van der Waals surface area (Å²) in [6.45, 7) is 4.17. The Labute approximate surface area is 188 Å². The van der Waals surface area contributed by atoms with Gasteiger partial charge in [-0.25, -0.2) is 0 Å². The van der Waals surface area contributed by atoms with Crippen LogP contribution >= 0.6 is 0 Å². The third-order valence-corrected chi connectivity index (χ3v) is 5.02. The number of aliphatic hydroxyl groups is 2.